The van der Waals surface area contributed by atoms with Crippen molar-refractivity contribution in [2.45, 2.75) is 44.1 Å². The van der Waals surface area contributed by atoms with Crippen molar-refractivity contribution in [1.82, 2.24) is 20.6 Å². The van der Waals surface area contributed by atoms with E-state index in [4.69, 9.17) is 5.73 Å². The highest BCUT2D eigenvalue weighted by molar-refractivity contribution is 5.01. The fraction of sp³-hybridized carbons (Fsp3) is 0.875. The third kappa shape index (κ3) is 1.70. The largest absolute Gasteiger partial charge is 0.319 e. The van der Waals surface area contributed by atoms with Crippen molar-refractivity contribution in [1.29, 1.82) is 0 Å². The van der Waals surface area contributed by atoms with Crippen molar-refractivity contribution < 1.29 is 0 Å². The number of hydrogen-bond donors (Lipinski definition) is 2. The van der Waals surface area contributed by atoms with Crippen LogP contribution in [-0.4, -0.2) is 20.6 Å². The summed E-state index contributed by atoms with van der Waals surface area (Å²) in [6, 6.07) is 0. The van der Waals surface area contributed by atoms with Crippen LogP contribution in [0.5, 0.6) is 0 Å². The number of nitrogens with one attached hydrogen (secondary N) is 1. The Morgan fingerprint density at radius 2 is 1.85 bits per heavy atom. The highest BCUT2D eigenvalue weighted by atomic mass is 15.5. The SMILES string of the molecule is NC1(c2nn[nH]n2)CCCCCC1. The monoisotopic (exact) mass is 181 g/mol. The van der Waals surface area contributed by atoms with Gasteiger partial charge >= 0.3 is 0 Å². The second-order valence-electron chi connectivity index (χ2n) is 3.81. The second kappa shape index (κ2) is 3.41. The Balaban J connectivity index is 2.17. The first-order valence-corrected chi connectivity index (χ1v) is 4.84. The Labute approximate surface area is 77.1 Å². The molecule has 0 radical (unpaired) electrons. The maximum atomic E-state index is 6.24. The Hall–Kier alpha value is -0.970. The lowest BCUT2D eigenvalue weighted by Crippen LogP contribution is -2.37. The second-order valence-corrected chi connectivity index (χ2v) is 3.81. The van der Waals surface area contributed by atoms with E-state index in [-0.39, 0.29) is 5.54 Å². The van der Waals surface area contributed by atoms with Crippen molar-refractivity contribution in [2.75, 3.05) is 0 Å². The highest BCUT2D eigenvalue weighted by Gasteiger charge is 2.32. The molecule has 72 valence electrons. The van der Waals surface area contributed by atoms with Crippen LogP contribution in [0.3, 0.4) is 0 Å². The number of tetrazole rings is 1. The Kier molecular flexibility index (Phi) is 2.26. The molecule has 1 heterocycles. The van der Waals surface area contributed by atoms with Crippen LogP contribution < -0.4 is 5.73 Å². The summed E-state index contributed by atoms with van der Waals surface area (Å²) >= 11 is 0. The molecule has 0 atom stereocenters. The molecule has 5 nitrogen and oxygen atoms in total. The van der Waals surface area contributed by atoms with Gasteiger partial charge in [-0.2, -0.15) is 5.21 Å². The molecule has 1 fully saturated rings. The number of nitrogens with two attached hydrogens (primary N) is 1. The maximum absolute atomic E-state index is 6.24. The third-order valence-electron chi connectivity index (χ3n) is 2.79. The van der Waals surface area contributed by atoms with Crippen molar-refractivity contribution in [3.05, 3.63) is 5.82 Å². The van der Waals surface area contributed by atoms with Crippen molar-refractivity contribution in [3.63, 3.8) is 0 Å². The highest BCUT2D eigenvalue weighted by Crippen LogP contribution is 2.30. The molecule has 1 aromatic rings. The molecule has 0 spiro atoms. The van der Waals surface area contributed by atoms with E-state index < -0.39 is 0 Å². The minimum absolute atomic E-state index is 0.330. The average Bonchev–Trinajstić information content (AvgIpc) is 2.57. The number of H-pyrrole nitrogens is 1. The van der Waals surface area contributed by atoms with Gasteiger partial charge in [0.1, 0.15) is 0 Å². The van der Waals surface area contributed by atoms with E-state index >= 15 is 0 Å². The number of aromatic nitrogens is 4. The van der Waals surface area contributed by atoms with Crippen LogP contribution >= 0.6 is 0 Å². The number of nitrogens with zero attached hydrogens (tertiary/aromatic N) is 3. The van der Waals surface area contributed by atoms with E-state index in [9.17, 15) is 0 Å². The van der Waals surface area contributed by atoms with Gasteiger partial charge in [-0.1, -0.05) is 30.9 Å². The number of aromatic amines is 1. The van der Waals surface area contributed by atoms with Crippen LogP contribution in [0.2, 0.25) is 0 Å². The fourth-order valence-corrected chi connectivity index (χ4v) is 1.96. The Morgan fingerprint density at radius 1 is 1.15 bits per heavy atom. The van der Waals surface area contributed by atoms with E-state index in [0.29, 0.717) is 5.82 Å². The molecule has 3 N–H and O–H groups in total. The van der Waals surface area contributed by atoms with Crippen LogP contribution in [0, 0.1) is 0 Å². The smallest absolute Gasteiger partial charge is 0.194 e. The molecule has 1 aliphatic rings. The van der Waals surface area contributed by atoms with Crippen LogP contribution in [0.4, 0.5) is 0 Å². The molecule has 2 rings (SSSR count). The zero-order chi connectivity index (χ0) is 9.15. The first-order chi connectivity index (χ1) is 6.31. The summed E-state index contributed by atoms with van der Waals surface area (Å²) in [7, 11) is 0. The first kappa shape index (κ1) is 8.62. The van der Waals surface area contributed by atoms with E-state index in [2.05, 4.69) is 20.6 Å². The summed E-state index contributed by atoms with van der Waals surface area (Å²) in [6.07, 6.45) is 6.85. The van der Waals surface area contributed by atoms with E-state index in [1.165, 1.54) is 25.7 Å². The van der Waals surface area contributed by atoms with Gasteiger partial charge in [0.05, 0.1) is 5.54 Å². The van der Waals surface area contributed by atoms with Gasteiger partial charge in [0.25, 0.3) is 0 Å². The minimum atomic E-state index is -0.330. The zero-order valence-electron chi connectivity index (χ0n) is 7.66. The summed E-state index contributed by atoms with van der Waals surface area (Å²) in [5.74, 6) is 0.675. The molecular formula is C8H15N5. The Morgan fingerprint density at radius 3 is 2.38 bits per heavy atom. The van der Waals surface area contributed by atoms with E-state index in [0.717, 1.165) is 12.8 Å². The van der Waals surface area contributed by atoms with Crippen LogP contribution in [0.1, 0.15) is 44.3 Å². The zero-order valence-corrected chi connectivity index (χ0v) is 7.66. The van der Waals surface area contributed by atoms with Gasteiger partial charge in [-0.15, -0.1) is 10.2 Å². The van der Waals surface area contributed by atoms with Gasteiger partial charge in [0.15, 0.2) is 5.82 Å². The quantitative estimate of drug-likeness (QED) is 0.625. The molecule has 0 unspecified atom stereocenters. The van der Waals surface area contributed by atoms with Gasteiger partial charge in [-0.25, -0.2) is 0 Å². The molecule has 0 amide bonds. The van der Waals surface area contributed by atoms with Gasteiger partial charge in [0, 0.05) is 0 Å². The predicted octanol–water partition coefficient (Wildman–Crippen LogP) is 0.708. The van der Waals surface area contributed by atoms with Crippen LogP contribution in [0.25, 0.3) is 0 Å². The molecule has 1 aliphatic carbocycles. The summed E-state index contributed by atoms with van der Waals surface area (Å²) in [5, 5.41) is 14.0. The normalized spacial score (nSPS) is 22.5. The predicted molar refractivity (Wildman–Crippen MR) is 47.7 cm³/mol. The first-order valence-electron chi connectivity index (χ1n) is 4.84. The lowest BCUT2D eigenvalue weighted by Gasteiger charge is -2.23. The van der Waals surface area contributed by atoms with Gasteiger partial charge in [0.2, 0.25) is 0 Å². The van der Waals surface area contributed by atoms with Crippen molar-refractivity contribution in [3.8, 4) is 0 Å². The average molecular weight is 181 g/mol. The molecule has 1 saturated carbocycles. The molecule has 5 heteroatoms. The molecule has 0 aromatic carbocycles. The molecule has 0 bridgehead atoms. The third-order valence-corrected chi connectivity index (χ3v) is 2.79. The topological polar surface area (TPSA) is 80.5 Å². The molecular weight excluding hydrogens is 166 g/mol. The maximum Gasteiger partial charge on any atom is 0.194 e. The van der Waals surface area contributed by atoms with Gasteiger partial charge in [-0.3, -0.25) is 0 Å². The Bertz CT molecular complexity index is 248. The van der Waals surface area contributed by atoms with Gasteiger partial charge in [-0.05, 0) is 12.8 Å². The van der Waals surface area contributed by atoms with Crippen LogP contribution in [-0.2, 0) is 5.54 Å². The summed E-state index contributed by atoms with van der Waals surface area (Å²) in [4.78, 5) is 0. The van der Waals surface area contributed by atoms with E-state index in [1.54, 1.807) is 0 Å². The molecule has 1 aromatic heterocycles. The molecule has 0 aliphatic heterocycles. The van der Waals surface area contributed by atoms with Crippen LogP contribution in [0.15, 0.2) is 0 Å². The van der Waals surface area contributed by atoms with Gasteiger partial charge < -0.3 is 5.73 Å². The van der Waals surface area contributed by atoms with Crippen molar-refractivity contribution >= 4 is 0 Å². The summed E-state index contributed by atoms with van der Waals surface area (Å²) in [6.45, 7) is 0. The lowest BCUT2D eigenvalue weighted by atomic mass is 9.91. The minimum Gasteiger partial charge on any atom is -0.319 e. The summed E-state index contributed by atoms with van der Waals surface area (Å²) in [5.41, 5.74) is 5.91. The molecule has 13 heavy (non-hydrogen) atoms. The summed E-state index contributed by atoms with van der Waals surface area (Å²) < 4.78 is 0. The van der Waals surface area contributed by atoms with Crippen molar-refractivity contribution in [2.24, 2.45) is 5.73 Å². The molecule has 0 saturated heterocycles. The number of hydrogen-bond acceptors (Lipinski definition) is 4. The standard InChI is InChI=1S/C8H15N5/c9-8(7-10-12-13-11-7)5-3-1-2-4-6-8/h1-6,9H2,(H,10,11,12,13). The van der Waals surface area contributed by atoms with E-state index in [1.807, 2.05) is 0 Å². The fourth-order valence-electron chi connectivity index (χ4n) is 1.96. The number of rotatable bonds is 1. The lowest BCUT2D eigenvalue weighted by molar-refractivity contribution is 0.363.